The van der Waals surface area contributed by atoms with Crippen molar-refractivity contribution in [1.82, 2.24) is 0 Å². The molecule has 0 saturated carbocycles. The maximum absolute atomic E-state index is 10.9. The SMILES string of the molecule is Cc1cccc(C[C@H](N)C(=O)O)c1CCP(=O)(O)O. The van der Waals surface area contributed by atoms with Gasteiger partial charge in [-0.2, -0.15) is 0 Å². The molecular formula is C12H18NO5P. The highest BCUT2D eigenvalue weighted by atomic mass is 31.2. The Labute approximate surface area is 111 Å². The summed E-state index contributed by atoms with van der Waals surface area (Å²) < 4.78 is 10.9. The zero-order chi connectivity index (χ0) is 14.6. The second kappa shape index (κ2) is 6.30. The molecule has 1 aromatic carbocycles. The minimum absolute atomic E-state index is 0.146. The lowest BCUT2D eigenvalue weighted by atomic mass is 9.95. The van der Waals surface area contributed by atoms with Crippen molar-refractivity contribution in [3.05, 3.63) is 34.9 Å². The summed E-state index contributed by atoms with van der Waals surface area (Å²) in [6.45, 7) is 1.82. The molecule has 1 atom stereocenters. The standard InChI is InChI=1S/C12H18NO5P/c1-8-3-2-4-9(7-11(13)12(14)15)10(8)5-6-19(16,17)18/h2-4,11H,5-7,13H2,1H3,(H,14,15)(H2,16,17,18)/t11-/m0/s1. The van der Waals surface area contributed by atoms with Gasteiger partial charge in [0.05, 0.1) is 6.16 Å². The third kappa shape index (κ3) is 5.12. The van der Waals surface area contributed by atoms with E-state index in [0.29, 0.717) is 0 Å². The second-order valence-electron chi connectivity index (χ2n) is 4.50. The van der Waals surface area contributed by atoms with E-state index in [1.165, 1.54) is 0 Å². The van der Waals surface area contributed by atoms with Crippen molar-refractivity contribution in [1.29, 1.82) is 0 Å². The van der Waals surface area contributed by atoms with Crippen LogP contribution in [0.15, 0.2) is 18.2 Å². The fourth-order valence-electron chi connectivity index (χ4n) is 1.89. The fourth-order valence-corrected chi connectivity index (χ4v) is 2.41. The predicted molar refractivity (Wildman–Crippen MR) is 71.1 cm³/mol. The first-order valence-electron chi connectivity index (χ1n) is 5.81. The van der Waals surface area contributed by atoms with Crippen molar-refractivity contribution in [2.45, 2.75) is 25.8 Å². The van der Waals surface area contributed by atoms with Gasteiger partial charge in [-0.1, -0.05) is 18.2 Å². The molecule has 106 valence electrons. The summed E-state index contributed by atoms with van der Waals surface area (Å²) in [5.74, 6) is -1.09. The summed E-state index contributed by atoms with van der Waals surface area (Å²) in [4.78, 5) is 28.6. The molecule has 1 aromatic rings. The summed E-state index contributed by atoms with van der Waals surface area (Å²) >= 11 is 0. The number of aryl methyl sites for hydroxylation is 1. The molecule has 0 saturated heterocycles. The van der Waals surface area contributed by atoms with Gasteiger partial charge >= 0.3 is 13.6 Å². The number of aliphatic carboxylic acids is 1. The van der Waals surface area contributed by atoms with Crippen LogP contribution in [0.2, 0.25) is 0 Å². The number of rotatable bonds is 6. The van der Waals surface area contributed by atoms with Gasteiger partial charge in [-0.05, 0) is 36.5 Å². The summed E-state index contributed by atoms with van der Waals surface area (Å²) in [5.41, 5.74) is 7.87. The van der Waals surface area contributed by atoms with E-state index in [4.69, 9.17) is 20.6 Å². The minimum Gasteiger partial charge on any atom is -0.480 e. The number of carboxylic acids is 1. The topological polar surface area (TPSA) is 121 Å². The zero-order valence-corrected chi connectivity index (χ0v) is 11.5. The largest absolute Gasteiger partial charge is 0.480 e. The molecular weight excluding hydrogens is 269 g/mol. The Morgan fingerprint density at radius 2 is 2.05 bits per heavy atom. The van der Waals surface area contributed by atoms with Crippen LogP contribution in [0.1, 0.15) is 16.7 Å². The molecule has 0 aromatic heterocycles. The summed E-state index contributed by atoms with van der Waals surface area (Å²) in [6.07, 6.45) is 0.0965. The Morgan fingerprint density at radius 3 is 2.58 bits per heavy atom. The zero-order valence-electron chi connectivity index (χ0n) is 10.6. The number of carbonyl (C=O) groups is 1. The molecule has 0 radical (unpaired) electrons. The molecule has 0 fully saturated rings. The number of nitrogens with two attached hydrogens (primary N) is 1. The fraction of sp³-hybridized carbons (Fsp3) is 0.417. The average molecular weight is 287 g/mol. The van der Waals surface area contributed by atoms with Crippen LogP contribution in [-0.2, 0) is 22.2 Å². The highest BCUT2D eigenvalue weighted by molar-refractivity contribution is 7.51. The van der Waals surface area contributed by atoms with Gasteiger partial charge in [-0.15, -0.1) is 0 Å². The number of hydrogen-bond acceptors (Lipinski definition) is 3. The van der Waals surface area contributed by atoms with Crippen LogP contribution in [-0.4, -0.2) is 33.1 Å². The lowest BCUT2D eigenvalue weighted by Gasteiger charge is -2.15. The molecule has 0 aliphatic carbocycles. The molecule has 0 aliphatic rings. The van der Waals surface area contributed by atoms with E-state index in [9.17, 15) is 9.36 Å². The average Bonchev–Trinajstić information content (AvgIpc) is 2.26. The first-order chi connectivity index (χ1) is 8.70. The maximum atomic E-state index is 10.9. The highest BCUT2D eigenvalue weighted by Gasteiger charge is 2.18. The number of carboxylic acid groups (broad SMARTS) is 1. The number of benzene rings is 1. The van der Waals surface area contributed by atoms with Crippen molar-refractivity contribution in [3.63, 3.8) is 0 Å². The van der Waals surface area contributed by atoms with E-state index in [-0.39, 0.29) is 19.0 Å². The van der Waals surface area contributed by atoms with E-state index in [2.05, 4.69) is 0 Å². The van der Waals surface area contributed by atoms with Crippen molar-refractivity contribution < 1.29 is 24.3 Å². The molecule has 5 N–H and O–H groups in total. The van der Waals surface area contributed by atoms with E-state index < -0.39 is 19.6 Å². The summed E-state index contributed by atoms with van der Waals surface area (Å²) in [7, 11) is -4.07. The lowest BCUT2D eigenvalue weighted by molar-refractivity contribution is -0.138. The van der Waals surface area contributed by atoms with Gasteiger partial charge in [0.15, 0.2) is 0 Å². The normalized spacial score (nSPS) is 13.3. The maximum Gasteiger partial charge on any atom is 0.325 e. The Balaban J connectivity index is 2.95. The molecule has 0 unspecified atom stereocenters. The monoisotopic (exact) mass is 287 g/mol. The Bertz CT molecular complexity index is 511. The third-order valence-corrected chi connectivity index (χ3v) is 3.72. The summed E-state index contributed by atoms with van der Waals surface area (Å²) in [6, 6.07) is 4.33. The van der Waals surface area contributed by atoms with Crippen LogP contribution < -0.4 is 5.73 Å². The first-order valence-corrected chi connectivity index (χ1v) is 7.61. The van der Waals surface area contributed by atoms with E-state index in [1.54, 1.807) is 12.1 Å². The second-order valence-corrected chi connectivity index (χ2v) is 6.28. The highest BCUT2D eigenvalue weighted by Crippen LogP contribution is 2.35. The van der Waals surface area contributed by atoms with Crippen molar-refractivity contribution in [3.8, 4) is 0 Å². The van der Waals surface area contributed by atoms with Crippen LogP contribution in [0.5, 0.6) is 0 Å². The van der Waals surface area contributed by atoms with Crippen LogP contribution >= 0.6 is 7.60 Å². The Morgan fingerprint density at radius 1 is 1.42 bits per heavy atom. The number of hydrogen-bond donors (Lipinski definition) is 4. The molecule has 1 rings (SSSR count). The van der Waals surface area contributed by atoms with Crippen LogP contribution in [0.3, 0.4) is 0 Å². The van der Waals surface area contributed by atoms with Crippen LogP contribution in [0, 0.1) is 6.92 Å². The van der Waals surface area contributed by atoms with Gasteiger partial charge in [0.25, 0.3) is 0 Å². The van der Waals surface area contributed by atoms with Crippen LogP contribution in [0.4, 0.5) is 0 Å². The molecule has 0 bridgehead atoms. The van der Waals surface area contributed by atoms with Crippen LogP contribution in [0.25, 0.3) is 0 Å². The minimum atomic E-state index is -4.07. The smallest absolute Gasteiger partial charge is 0.325 e. The van der Waals surface area contributed by atoms with Crippen molar-refractivity contribution >= 4 is 13.6 Å². The molecule has 19 heavy (non-hydrogen) atoms. The van der Waals surface area contributed by atoms with E-state index in [0.717, 1.165) is 16.7 Å². The van der Waals surface area contributed by atoms with Gasteiger partial charge in [0.2, 0.25) is 0 Å². The molecule has 7 heteroatoms. The van der Waals surface area contributed by atoms with Crippen molar-refractivity contribution in [2.75, 3.05) is 6.16 Å². The predicted octanol–water partition coefficient (Wildman–Crippen LogP) is 0.670. The molecule has 6 nitrogen and oxygen atoms in total. The Kier molecular flexibility index (Phi) is 5.26. The van der Waals surface area contributed by atoms with Gasteiger partial charge in [-0.3, -0.25) is 9.36 Å². The van der Waals surface area contributed by atoms with E-state index >= 15 is 0 Å². The molecule has 0 spiro atoms. The molecule has 0 amide bonds. The van der Waals surface area contributed by atoms with Gasteiger partial charge in [-0.25, -0.2) is 0 Å². The third-order valence-electron chi connectivity index (χ3n) is 2.92. The first kappa shape index (κ1) is 15.9. The van der Waals surface area contributed by atoms with Gasteiger partial charge < -0.3 is 20.6 Å². The van der Waals surface area contributed by atoms with E-state index in [1.807, 2.05) is 13.0 Å². The quantitative estimate of drug-likeness (QED) is 0.571. The van der Waals surface area contributed by atoms with Gasteiger partial charge in [0.1, 0.15) is 6.04 Å². The van der Waals surface area contributed by atoms with Crippen molar-refractivity contribution in [2.24, 2.45) is 5.73 Å². The van der Waals surface area contributed by atoms with Gasteiger partial charge in [0, 0.05) is 0 Å². The lowest BCUT2D eigenvalue weighted by Crippen LogP contribution is -2.32. The summed E-state index contributed by atoms with van der Waals surface area (Å²) in [5, 5.41) is 8.81. The molecule has 0 aliphatic heterocycles. The Hall–Kier alpha value is -1.20. The molecule has 0 heterocycles.